The van der Waals surface area contributed by atoms with Gasteiger partial charge in [0, 0.05) is 26.2 Å². The van der Waals surface area contributed by atoms with E-state index in [1.165, 1.54) is 23.3 Å². The molecule has 5 nitrogen and oxygen atoms in total. The number of nitrogens with zero attached hydrogens (tertiary/aromatic N) is 4. The second kappa shape index (κ2) is 5.92. The molecule has 1 fully saturated rings. The van der Waals surface area contributed by atoms with E-state index < -0.39 is 0 Å². The molecule has 2 aromatic heterocycles. The molecule has 23 heavy (non-hydrogen) atoms. The molecule has 0 N–H and O–H groups in total. The Kier molecular flexibility index (Phi) is 3.77. The summed E-state index contributed by atoms with van der Waals surface area (Å²) in [5.41, 5.74) is 3.67. The summed E-state index contributed by atoms with van der Waals surface area (Å²) in [5, 5.41) is 10.8. The Morgan fingerprint density at radius 3 is 2.70 bits per heavy atom. The van der Waals surface area contributed by atoms with Crippen LogP contribution in [0.25, 0.3) is 0 Å². The molecule has 2 aliphatic rings. The summed E-state index contributed by atoms with van der Waals surface area (Å²) in [4.78, 5) is 17.5. The first-order valence-electron chi connectivity index (χ1n) is 8.15. The first kappa shape index (κ1) is 14.6. The lowest BCUT2D eigenvalue weighted by Crippen LogP contribution is -2.49. The van der Waals surface area contributed by atoms with Crippen molar-refractivity contribution in [2.24, 2.45) is 0 Å². The summed E-state index contributed by atoms with van der Waals surface area (Å²) >= 11 is 1.53. The Morgan fingerprint density at radius 2 is 1.96 bits per heavy atom. The number of hydrogen-bond acceptors (Lipinski definition) is 5. The maximum atomic E-state index is 12.5. The van der Waals surface area contributed by atoms with Gasteiger partial charge in [-0.25, -0.2) is 0 Å². The Morgan fingerprint density at radius 1 is 1.13 bits per heavy atom. The fourth-order valence-corrected chi connectivity index (χ4v) is 4.17. The highest BCUT2D eigenvalue weighted by Gasteiger charge is 2.24. The molecule has 0 unspecified atom stereocenters. The van der Waals surface area contributed by atoms with Crippen LogP contribution in [0.15, 0.2) is 17.5 Å². The first-order chi connectivity index (χ1) is 11.2. The Balaban J connectivity index is 1.42. The number of anilines is 1. The standard InChI is InChI=1S/C17H20N4OS/c1-12-9-15(23-11-12)17(22)21-7-5-20(6-8-21)16-10-13-3-2-4-14(13)18-19-16/h9-11H,2-8H2,1H3. The zero-order valence-electron chi connectivity index (χ0n) is 13.3. The monoisotopic (exact) mass is 328 g/mol. The topological polar surface area (TPSA) is 49.3 Å². The van der Waals surface area contributed by atoms with Crippen LogP contribution >= 0.6 is 11.3 Å². The van der Waals surface area contributed by atoms with E-state index in [4.69, 9.17) is 0 Å². The predicted octanol–water partition coefficient (Wildman–Crippen LogP) is 2.30. The molecule has 0 atom stereocenters. The molecule has 1 aliphatic heterocycles. The van der Waals surface area contributed by atoms with Crippen molar-refractivity contribution >= 4 is 23.1 Å². The molecule has 6 heteroatoms. The van der Waals surface area contributed by atoms with Crippen LogP contribution in [0.4, 0.5) is 5.82 Å². The van der Waals surface area contributed by atoms with E-state index >= 15 is 0 Å². The molecule has 0 bridgehead atoms. The van der Waals surface area contributed by atoms with Gasteiger partial charge < -0.3 is 9.80 Å². The Bertz CT molecular complexity index is 734. The molecular weight excluding hydrogens is 308 g/mol. The highest BCUT2D eigenvalue weighted by atomic mass is 32.1. The number of hydrogen-bond donors (Lipinski definition) is 0. The molecule has 0 radical (unpaired) electrons. The number of rotatable bonds is 2. The van der Waals surface area contributed by atoms with E-state index in [1.54, 1.807) is 0 Å². The van der Waals surface area contributed by atoms with E-state index in [9.17, 15) is 4.79 Å². The molecular formula is C17H20N4OS. The van der Waals surface area contributed by atoms with Crippen LogP contribution in [0, 0.1) is 6.92 Å². The maximum absolute atomic E-state index is 12.5. The van der Waals surface area contributed by atoms with Crippen molar-refractivity contribution in [3.8, 4) is 0 Å². The quantitative estimate of drug-likeness (QED) is 0.849. The summed E-state index contributed by atoms with van der Waals surface area (Å²) in [6, 6.07) is 4.17. The van der Waals surface area contributed by atoms with Crippen LogP contribution in [-0.2, 0) is 12.8 Å². The van der Waals surface area contributed by atoms with Gasteiger partial charge in [0.15, 0.2) is 5.82 Å². The number of aromatic nitrogens is 2. The summed E-state index contributed by atoms with van der Waals surface area (Å²) in [5.74, 6) is 1.12. The average molecular weight is 328 g/mol. The molecule has 4 rings (SSSR count). The third-order valence-corrected chi connectivity index (χ3v) is 5.68. The number of thiophene rings is 1. The number of aryl methyl sites for hydroxylation is 3. The number of amides is 1. The van der Waals surface area contributed by atoms with Crippen LogP contribution in [0.5, 0.6) is 0 Å². The largest absolute Gasteiger partial charge is 0.352 e. The predicted molar refractivity (Wildman–Crippen MR) is 91.2 cm³/mol. The van der Waals surface area contributed by atoms with Crippen molar-refractivity contribution in [3.05, 3.63) is 39.2 Å². The second-order valence-corrected chi connectivity index (χ2v) is 7.21. The van der Waals surface area contributed by atoms with Crippen LogP contribution in [0.2, 0.25) is 0 Å². The van der Waals surface area contributed by atoms with Crippen molar-refractivity contribution in [1.29, 1.82) is 0 Å². The van der Waals surface area contributed by atoms with Crippen LogP contribution < -0.4 is 4.90 Å². The van der Waals surface area contributed by atoms with Gasteiger partial charge in [-0.3, -0.25) is 4.79 Å². The molecule has 0 saturated carbocycles. The minimum atomic E-state index is 0.155. The van der Waals surface area contributed by atoms with E-state index in [0.29, 0.717) is 0 Å². The van der Waals surface area contributed by atoms with Crippen LogP contribution in [-0.4, -0.2) is 47.2 Å². The van der Waals surface area contributed by atoms with Crippen molar-refractivity contribution in [1.82, 2.24) is 15.1 Å². The van der Waals surface area contributed by atoms with Gasteiger partial charge in [0.2, 0.25) is 0 Å². The number of piperazine rings is 1. The average Bonchev–Trinajstić information content (AvgIpc) is 3.22. The smallest absolute Gasteiger partial charge is 0.264 e. The van der Waals surface area contributed by atoms with Gasteiger partial charge in [0.25, 0.3) is 5.91 Å². The minimum absolute atomic E-state index is 0.155. The van der Waals surface area contributed by atoms with E-state index in [2.05, 4.69) is 21.2 Å². The Labute approximate surface area is 139 Å². The highest BCUT2D eigenvalue weighted by Crippen LogP contribution is 2.24. The van der Waals surface area contributed by atoms with E-state index in [-0.39, 0.29) is 5.91 Å². The number of carbonyl (C=O) groups excluding carboxylic acids is 1. The minimum Gasteiger partial charge on any atom is -0.352 e. The molecule has 120 valence electrons. The summed E-state index contributed by atoms with van der Waals surface area (Å²) in [6.07, 6.45) is 3.37. The van der Waals surface area contributed by atoms with Gasteiger partial charge in [-0.2, -0.15) is 5.10 Å². The van der Waals surface area contributed by atoms with Gasteiger partial charge in [-0.05, 0) is 54.8 Å². The van der Waals surface area contributed by atoms with Gasteiger partial charge in [0.1, 0.15) is 0 Å². The van der Waals surface area contributed by atoms with Gasteiger partial charge in [-0.1, -0.05) is 0 Å². The fourth-order valence-electron chi connectivity index (χ4n) is 3.31. The van der Waals surface area contributed by atoms with Crippen molar-refractivity contribution in [2.45, 2.75) is 26.2 Å². The zero-order valence-corrected chi connectivity index (χ0v) is 14.1. The molecule has 0 aromatic carbocycles. The molecule has 2 aromatic rings. The second-order valence-electron chi connectivity index (χ2n) is 6.30. The van der Waals surface area contributed by atoms with E-state index in [0.717, 1.165) is 61.0 Å². The molecule has 1 aliphatic carbocycles. The van der Waals surface area contributed by atoms with Crippen LogP contribution in [0.3, 0.4) is 0 Å². The summed E-state index contributed by atoms with van der Waals surface area (Å²) < 4.78 is 0. The number of carbonyl (C=O) groups is 1. The zero-order chi connectivity index (χ0) is 15.8. The summed E-state index contributed by atoms with van der Waals surface area (Å²) in [6.45, 7) is 5.16. The fraction of sp³-hybridized carbons (Fsp3) is 0.471. The van der Waals surface area contributed by atoms with Gasteiger partial charge >= 0.3 is 0 Å². The molecule has 1 saturated heterocycles. The SMILES string of the molecule is Cc1csc(C(=O)N2CCN(c3cc4c(nn3)CCC4)CC2)c1. The van der Waals surface area contributed by atoms with Crippen molar-refractivity contribution in [3.63, 3.8) is 0 Å². The van der Waals surface area contributed by atoms with Gasteiger partial charge in [-0.15, -0.1) is 16.4 Å². The lowest BCUT2D eigenvalue weighted by molar-refractivity contribution is 0.0751. The van der Waals surface area contributed by atoms with E-state index in [1.807, 2.05) is 23.3 Å². The Hall–Kier alpha value is -1.95. The maximum Gasteiger partial charge on any atom is 0.264 e. The first-order valence-corrected chi connectivity index (χ1v) is 9.03. The summed E-state index contributed by atoms with van der Waals surface area (Å²) in [7, 11) is 0. The number of fused-ring (bicyclic) bond motifs is 1. The van der Waals surface area contributed by atoms with Crippen molar-refractivity contribution in [2.75, 3.05) is 31.1 Å². The van der Waals surface area contributed by atoms with Crippen LogP contribution in [0.1, 0.15) is 32.9 Å². The van der Waals surface area contributed by atoms with Crippen molar-refractivity contribution < 1.29 is 4.79 Å². The molecule has 1 amide bonds. The molecule has 3 heterocycles. The normalized spacial score (nSPS) is 17.4. The molecule has 0 spiro atoms. The lowest BCUT2D eigenvalue weighted by atomic mass is 10.2. The van der Waals surface area contributed by atoms with Gasteiger partial charge in [0.05, 0.1) is 10.6 Å². The highest BCUT2D eigenvalue weighted by molar-refractivity contribution is 7.12. The third-order valence-electron chi connectivity index (χ3n) is 4.64. The third kappa shape index (κ3) is 2.83. The lowest BCUT2D eigenvalue weighted by Gasteiger charge is -2.35.